The van der Waals surface area contributed by atoms with Crippen LogP contribution in [0.3, 0.4) is 0 Å². The lowest BCUT2D eigenvalue weighted by molar-refractivity contribution is 0.256. The lowest BCUT2D eigenvalue weighted by Gasteiger charge is -2.14. The summed E-state index contributed by atoms with van der Waals surface area (Å²) in [6.07, 6.45) is 20.5. The number of hydrogen-bond donors (Lipinski definition) is 0. The summed E-state index contributed by atoms with van der Waals surface area (Å²) < 4.78 is 35.6. The Labute approximate surface area is 289 Å². The van der Waals surface area contributed by atoms with Gasteiger partial charge in [0.2, 0.25) is 0 Å². The first-order valence-electron chi connectivity index (χ1n) is 18.1. The van der Waals surface area contributed by atoms with Crippen LogP contribution in [-0.4, -0.2) is 27.4 Å². The van der Waals surface area contributed by atoms with Crippen molar-refractivity contribution in [1.29, 1.82) is 0 Å². The van der Waals surface area contributed by atoms with Crippen LogP contribution in [0.25, 0.3) is 0 Å². The highest BCUT2D eigenvalue weighted by Crippen LogP contribution is 2.35. The molecule has 47 heavy (non-hydrogen) atoms. The average molecular weight is 669 g/mol. The van der Waals surface area contributed by atoms with Gasteiger partial charge in [-0.15, -0.1) is 11.3 Å². The van der Waals surface area contributed by atoms with E-state index in [1.807, 2.05) is 47.2 Å². The molecule has 0 aliphatic rings. The van der Waals surface area contributed by atoms with Crippen LogP contribution in [0.2, 0.25) is 0 Å². The van der Waals surface area contributed by atoms with Crippen molar-refractivity contribution in [1.82, 2.24) is 0 Å². The summed E-state index contributed by atoms with van der Waals surface area (Å²) in [5.41, 5.74) is 2.01. The van der Waals surface area contributed by atoms with Crippen molar-refractivity contribution in [3.8, 4) is 34.5 Å². The fourth-order valence-electron chi connectivity index (χ4n) is 5.48. The normalized spacial score (nSPS) is 11.0. The molecule has 0 N–H and O–H groups in total. The van der Waals surface area contributed by atoms with E-state index in [-0.39, 0.29) is 0 Å². The number of unbranched alkanes of at least 4 members (excludes halogenated alkanes) is 14. The topological polar surface area (TPSA) is 55.4 Å². The SMILES string of the molecule is CCCCCCCCCCOc1ccc(COc2cscc2OCc2ccc(OCCCCCCCCCC)c(OC)c2)cc1OC. The second-order valence-corrected chi connectivity index (χ2v) is 13.0. The summed E-state index contributed by atoms with van der Waals surface area (Å²) in [6.45, 7) is 6.74. The lowest BCUT2D eigenvalue weighted by Crippen LogP contribution is -2.02. The molecular weight excluding hydrogens is 609 g/mol. The first-order valence-corrected chi connectivity index (χ1v) is 19.0. The third kappa shape index (κ3) is 15.1. The Morgan fingerprint density at radius 2 is 0.809 bits per heavy atom. The largest absolute Gasteiger partial charge is 0.493 e. The Kier molecular flexibility index (Phi) is 19.7. The monoisotopic (exact) mass is 668 g/mol. The van der Waals surface area contributed by atoms with Crippen LogP contribution in [-0.2, 0) is 13.2 Å². The van der Waals surface area contributed by atoms with E-state index in [9.17, 15) is 0 Å². The molecule has 0 aliphatic carbocycles. The molecule has 0 fully saturated rings. The van der Waals surface area contributed by atoms with E-state index in [1.54, 1.807) is 25.6 Å². The molecule has 2 aromatic carbocycles. The molecule has 0 unspecified atom stereocenters. The van der Waals surface area contributed by atoms with Crippen molar-refractivity contribution in [2.45, 2.75) is 130 Å². The van der Waals surface area contributed by atoms with Gasteiger partial charge in [-0.05, 0) is 48.2 Å². The van der Waals surface area contributed by atoms with Gasteiger partial charge < -0.3 is 28.4 Å². The zero-order valence-electron chi connectivity index (χ0n) is 29.6. The van der Waals surface area contributed by atoms with Gasteiger partial charge in [0.1, 0.15) is 13.2 Å². The van der Waals surface area contributed by atoms with E-state index in [0.29, 0.717) is 26.4 Å². The summed E-state index contributed by atoms with van der Waals surface area (Å²) >= 11 is 1.56. The average Bonchev–Trinajstić information content (AvgIpc) is 3.56. The fraction of sp³-hybridized carbons (Fsp3) is 0.600. The summed E-state index contributed by atoms with van der Waals surface area (Å²) in [6, 6.07) is 12.0. The number of ether oxygens (including phenoxy) is 6. The van der Waals surface area contributed by atoms with Crippen LogP contribution in [0, 0.1) is 0 Å². The first kappa shape index (κ1) is 38.4. The third-order valence-electron chi connectivity index (χ3n) is 8.35. The van der Waals surface area contributed by atoms with Gasteiger partial charge in [0.25, 0.3) is 0 Å². The summed E-state index contributed by atoms with van der Waals surface area (Å²) in [7, 11) is 3.36. The van der Waals surface area contributed by atoms with Crippen LogP contribution < -0.4 is 28.4 Å². The predicted molar refractivity (Wildman–Crippen MR) is 195 cm³/mol. The first-order chi connectivity index (χ1) is 23.2. The highest BCUT2D eigenvalue weighted by molar-refractivity contribution is 7.08. The van der Waals surface area contributed by atoms with E-state index in [1.165, 1.54) is 89.9 Å². The van der Waals surface area contributed by atoms with Gasteiger partial charge >= 0.3 is 0 Å². The van der Waals surface area contributed by atoms with Gasteiger partial charge in [-0.1, -0.05) is 116 Å². The summed E-state index contributed by atoms with van der Waals surface area (Å²) in [5.74, 6) is 4.46. The van der Waals surface area contributed by atoms with E-state index < -0.39 is 0 Å². The quantitative estimate of drug-likeness (QED) is 0.0718. The minimum absolute atomic E-state index is 0.403. The van der Waals surface area contributed by atoms with Crippen molar-refractivity contribution < 1.29 is 28.4 Å². The van der Waals surface area contributed by atoms with E-state index >= 15 is 0 Å². The van der Waals surface area contributed by atoms with Crippen molar-refractivity contribution in [3.63, 3.8) is 0 Å². The molecule has 0 saturated carbocycles. The Morgan fingerprint density at radius 1 is 0.426 bits per heavy atom. The molecule has 0 aliphatic heterocycles. The number of methoxy groups -OCH3 is 2. The van der Waals surface area contributed by atoms with Crippen LogP contribution >= 0.6 is 11.3 Å². The maximum Gasteiger partial charge on any atom is 0.172 e. The molecular formula is C40H60O6S. The zero-order valence-corrected chi connectivity index (χ0v) is 30.4. The van der Waals surface area contributed by atoms with Gasteiger partial charge in [0, 0.05) is 10.8 Å². The smallest absolute Gasteiger partial charge is 0.172 e. The summed E-state index contributed by atoms with van der Waals surface area (Å²) in [5, 5.41) is 3.94. The molecule has 0 atom stereocenters. The van der Waals surface area contributed by atoms with Crippen molar-refractivity contribution in [2.75, 3.05) is 27.4 Å². The maximum absolute atomic E-state index is 6.16. The minimum Gasteiger partial charge on any atom is -0.493 e. The van der Waals surface area contributed by atoms with E-state index in [0.717, 1.165) is 58.5 Å². The molecule has 0 bridgehead atoms. The number of rotatable bonds is 28. The highest BCUT2D eigenvalue weighted by atomic mass is 32.1. The number of thiophene rings is 1. The van der Waals surface area contributed by atoms with E-state index in [2.05, 4.69) is 13.8 Å². The Morgan fingerprint density at radius 3 is 1.19 bits per heavy atom. The molecule has 1 aromatic heterocycles. The second kappa shape index (κ2) is 24.1. The van der Waals surface area contributed by atoms with Gasteiger partial charge in [-0.3, -0.25) is 0 Å². The highest BCUT2D eigenvalue weighted by Gasteiger charge is 2.12. The number of hydrogen-bond acceptors (Lipinski definition) is 7. The van der Waals surface area contributed by atoms with Crippen LogP contribution in [0.4, 0.5) is 0 Å². The molecule has 3 aromatic rings. The molecule has 6 nitrogen and oxygen atoms in total. The molecule has 0 amide bonds. The standard InChI is InChI=1S/C40H60O6S/c1-5-7-9-11-13-15-17-19-25-43-35-23-21-33(27-37(35)41-3)29-45-39-31-47-32-40(39)46-30-34-22-24-36(38(28-34)42-4)44-26-20-18-16-14-12-10-8-6-2/h21-24,27-28,31-32H,5-20,25-26,29-30H2,1-4H3. The van der Waals surface area contributed by atoms with E-state index in [4.69, 9.17) is 28.4 Å². The maximum atomic E-state index is 6.16. The Bertz CT molecular complexity index is 1130. The second-order valence-electron chi connectivity index (χ2n) is 12.3. The minimum atomic E-state index is 0.403. The number of benzene rings is 2. The molecule has 1 heterocycles. The van der Waals surface area contributed by atoms with Crippen LogP contribution in [0.1, 0.15) is 128 Å². The molecule has 0 radical (unpaired) electrons. The van der Waals surface area contributed by atoms with Crippen molar-refractivity contribution >= 4 is 11.3 Å². The van der Waals surface area contributed by atoms with Gasteiger partial charge in [0.05, 0.1) is 27.4 Å². The molecule has 0 saturated heterocycles. The van der Waals surface area contributed by atoms with Gasteiger partial charge in [0.15, 0.2) is 34.5 Å². The Hall–Kier alpha value is -3.06. The molecule has 3 rings (SSSR count). The van der Waals surface area contributed by atoms with Crippen molar-refractivity contribution in [3.05, 3.63) is 58.3 Å². The summed E-state index contributed by atoms with van der Waals surface area (Å²) in [4.78, 5) is 0. The lowest BCUT2D eigenvalue weighted by atomic mass is 10.1. The molecule has 0 spiro atoms. The van der Waals surface area contributed by atoms with Gasteiger partial charge in [-0.25, -0.2) is 0 Å². The molecule has 7 heteroatoms. The third-order valence-corrected chi connectivity index (χ3v) is 9.05. The fourth-order valence-corrected chi connectivity index (χ4v) is 6.17. The van der Waals surface area contributed by atoms with Gasteiger partial charge in [-0.2, -0.15) is 0 Å². The Balaban J connectivity index is 1.39. The zero-order chi connectivity index (χ0) is 33.4. The van der Waals surface area contributed by atoms with Crippen LogP contribution in [0.5, 0.6) is 34.5 Å². The van der Waals surface area contributed by atoms with Crippen LogP contribution in [0.15, 0.2) is 47.2 Å². The predicted octanol–water partition coefficient (Wildman–Crippen LogP) is 12.0. The molecule has 262 valence electrons. The van der Waals surface area contributed by atoms with Crippen molar-refractivity contribution in [2.24, 2.45) is 0 Å².